The molecule has 0 saturated carbocycles. The van der Waals surface area contributed by atoms with Gasteiger partial charge in [0, 0.05) is 32.7 Å². The van der Waals surface area contributed by atoms with E-state index >= 15 is 0 Å². The Morgan fingerprint density at radius 2 is 2.05 bits per heavy atom. The Kier molecular flexibility index (Phi) is 5.10. The van der Waals surface area contributed by atoms with Crippen LogP contribution in [0.3, 0.4) is 0 Å². The molecule has 124 valence electrons. The van der Waals surface area contributed by atoms with E-state index in [0.717, 1.165) is 5.69 Å². The minimum atomic E-state index is -4.11. The van der Waals surface area contributed by atoms with Gasteiger partial charge in [0.05, 0.1) is 12.1 Å². The number of aryl methyl sites for hydroxylation is 2. The quantitative estimate of drug-likeness (QED) is 0.922. The van der Waals surface area contributed by atoms with E-state index in [2.05, 4.69) is 10.4 Å². The molecule has 1 fully saturated rings. The van der Waals surface area contributed by atoms with Gasteiger partial charge in [-0.1, -0.05) is 0 Å². The van der Waals surface area contributed by atoms with Crippen molar-refractivity contribution in [2.45, 2.75) is 38.4 Å². The number of hydrogen-bond donors (Lipinski definition) is 1. The van der Waals surface area contributed by atoms with Crippen LogP contribution in [0, 0.1) is 6.92 Å². The van der Waals surface area contributed by atoms with Crippen molar-refractivity contribution in [2.75, 3.05) is 19.6 Å². The van der Waals surface area contributed by atoms with Crippen LogP contribution in [0.15, 0.2) is 6.07 Å². The van der Waals surface area contributed by atoms with Crippen molar-refractivity contribution in [1.29, 1.82) is 0 Å². The lowest BCUT2D eigenvalue weighted by atomic mass is 10.0. The van der Waals surface area contributed by atoms with Crippen molar-refractivity contribution >= 4 is 5.91 Å². The second-order valence-corrected chi connectivity index (χ2v) is 5.75. The fourth-order valence-corrected chi connectivity index (χ4v) is 2.67. The van der Waals surface area contributed by atoms with Crippen LogP contribution in [0.5, 0.6) is 0 Å². The highest BCUT2D eigenvalue weighted by atomic mass is 19.4. The van der Waals surface area contributed by atoms with E-state index < -0.39 is 12.6 Å². The van der Waals surface area contributed by atoms with Crippen LogP contribution < -0.4 is 5.32 Å². The number of piperidine rings is 1. The number of aromatic nitrogens is 2. The number of rotatable bonds is 4. The van der Waals surface area contributed by atoms with Gasteiger partial charge in [0.25, 0.3) is 5.91 Å². The van der Waals surface area contributed by atoms with Gasteiger partial charge in [0.15, 0.2) is 0 Å². The largest absolute Gasteiger partial charge is 0.390 e. The third kappa shape index (κ3) is 4.72. The number of carbonyl (C=O) groups is 1. The molecule has 1 aliphatic heterocycles. The van der Waals surface area contributed by atoms with Crippen LogP contribution in [0.2, 0.25) is 0 Å². The molecular weight excluding hydrogens is 297 g/mol. The number of amides is 1. The summed E-state index contributed by atoms with van der Waals surface area (Å²) in [4.78, 5) is 13.9. The van der Waals surface area contributed by atoms with Crippen molar-refractivity contribution in [3.05, 3.63) is 17.5 Å². The minimum Gasteiger partial charge on any atom is -0.348 e. The zero-order valence-electron chi connectivity index (χ0n) is 12.8. The summed E-state index contributed by atoms with van der Waals surface area (Å²) in [5.74, 6) is -0.183. The van der Waals surface area contributed by atoms with Gasteiger partial charge in [-0.15, -0.1) is 0 Å². The molecule has 0 spiro atoms. The van der Waals surface area contributed by atoms with Crippen molar-refractivity contribution in [3.63, 3.8) is 0 Å². The summed E-state index contributed by atoms with van der Waals surface area (Å²) in [5, 5.41) is 7.06. The Bertz CT molecular complexity index is 519. The summed E-state index contributed by atoms with van der Waals surface area (Å²) < 4.78 is 38.1. The van der Waals surface area contributed by atoms with Crippen LogP contribution in [0.1, 0.15) is 35.4 Å². The van der Waals surface area contributed by atoms with Crippen molar-refractivity contribution in [1.82, 2.24) is 20.0 Å². The monoisotopic (exact) mass is 318 g/mol. The molecule has 1 aromatic rings. The number of carbonyl (C=O) groups excluding carboxylic acids is 1. The van der Waals surface area contributed by atoms with Gasteiger partial charge < -0.3 is 10.2 Å². The Labute approximate surface area is 127 Å². The zero-order valence-corrected chi connectivity index (χ0v) is 12.8. The van der Waals surface area contributed by atoms with Gasteiger partial charge in [-0.2, -0.15) is 18.3 Å². The van der Waals surface area contributed by atoms with E-state index in [4.69, 9.17) is 0 Å². The van der Waals surface area contributed by atoms with Gasteiger partial charge in [-0.25, -0.2) is 0 Å². The molecule has 1 aromatic heterocycles. The smallest absolute Gasteiger partial charge is 0.348 e. The highest BCUT2D eigenvalue weighted by Gasteiger charge is 2.29. The number of alkyl halides is 3. The Hall–Kier alpha value is -1.57. The summed E-state index contributed by atoms with van der Waals surface area (Å²) in [7, 11) is 1.71. The molecule has 0 bridgehead atoms. The Balaban J connectivity index is 1.78. The molecule has 1 amide bonds. The molecule has 1 N–H and O–H groups in total. The molecule has 0 atom stereocenters. The Morgan fingerprint density at radius 3 is 2.55 bits per heavy atom. The lowest BCUT2D eigenvalue weighted by Gasteiger charge is -2.32. The average Bonchev–Trinajstić information content (AvgIpc) is 2.76. The molecule has 0 aromatic carbocycles. The maximum atomic E-state index is 12.2. The molecule has 2 heterocycles. The summed E-state index contributed by atoms with van der Waals surface area (Å²) in [6, 6.07) is 1.72. The van der Waals surface area contributed by atoms with E-state index in [0.29, 0.717) is 31.6 Å². The third-order valence-electron chi connectivity index (χ3n) is 3.87. The fourth-order valence-electron chi connectivity index (χ4n) is 2.67. The molecule has 22 heavy (non-hydrogen) atoms. The average molecular weight is 318 g/mol. The number of halogens is 3. The second-order valence-electron chi connectivity index (χ2n) is 5.75. The van der Waals surface area contributed by atoms with Crippen molar-refractivity contribution < 1.29 is 18.0 Å². The molecule has 5 nitrogen and oxygen atoms in total. The maximum Gasteiger partial charge on any atom is 0.390 e. The van der Waals surface area contributed by atoms with Crippen LogP contribution >= 0.6 is 0 Å². The second kappa shape index (κ2) is 6.68. The zero-order chi connectivity index (χ0) is 16.3. The molecule has 1 saturated heterocycles. The van der Waals surface area contributed by atoms with Crippen molar-refractivity contribution in [2.24, 2.45) is 7.05 Å². The summed E-state index contributed by atoms with van der Waals surface area (Å²) in [6.07, 6.45) is -3.55. The van der Waals surface area contributed by atoms with Crippen LogP contribution in [0.25, 0.3) is 0 Å². The highest BCUT2D eigenvalue weighted by molar-refractivity contribution is 5.92. The maximum absolute atomic E-state index is 12.2. The summed E-state index contributed by atoms with van der Waals surface area (Å²) in [6.45, 7) is 3.00. The van der Waals surface area contributed by atoms with Crippen molar-refractivity contribution in [3.8, 4) is 0 Å². The standard InChI is InChI=1S/C14H21F3N4O/c1-10-9-12(20(2)19-10)13(22)18-11-3-6-21(7-4-11)8-5-14(15,16)17/h9,11H,3-8H2,1-2H3,(H,18,22). The number of likely N-dealkylation sites (tertiary alicyclic amines) is 1. The van der Waals surface area contributed by atoms with Gasteiger partial charge >= 0.3 is 6.18 Å². The first-order valence-electron chi connectivity index (χ1n) is 7.35. The molecule has 0 unspecified atom stereocenters. The SMILES string of the molecule is Cc1cc(C(=O)NC2CCN(CCC(F)(F)F)CC2)n(C)n1. The number of nitrogens with one attached hydrogen (secondary N) is 1. The van der Waals surface area contributed by atoms with Gasteiger partial charge in [-0.3, -0.25) is 9.48 Å². The summed E-state index contributed by atoms with van der Waals surface area (Å²) in [5.41, 5.74) is 1.27. The molecule has 1 aliphatic rings. The fraction of sp³-hybridized carbons (Fsp3) is 0.714. The normalized spacial score (nSPS) is 17.7. The Morgan fingerprint density at radius 1 is 1.41 bits per heavy atom. The minimum absolute atomic E-state index is 0.00448. The highest BCUT2D eigenvalue weighted by Crippen LogP contribution is 2.21. The van der Waals surface area contributed by atoms with Crippen LogP contribution in [0.4, 0.5) is 13.2 Å². The molecule has 2 rings (SSSR count). The topological polar surface area (TPSA) is 50.2 Å². The van der Waals surface area contributed by atoms with E-state index in [9.17, 15) is 18.0 Å². The lowest BCUT2D eigenvalue weighted by Crippen LogP contribution is -2.45. The molecular formula is C14H21F3N4O. The first-order valence-corrected chi connectivity index (χ1v) is 7.35. The first-order chi connectivity index (χ1) is 10.2. The van der Waals surface area contributed by atoms with E-state index in [1.54, 1.807) is 18.0 Å². The number of nitrogens with zero attached hydrogens (tertiary/aromatic N) is 3. The predicted octanol–water partition coefficient (Wildman–Crippen LogP) is 1.88. The van der Waals surface area contributed by atoms with E-state index in [1.807, 2.05) is 6.92 Å². The third-order valence-corrected chi connectivity index (χ3v) is 3.87. The number of hydrogen-bond acceptors (Lipinski definition) is 3. The lowest BCUT2D eigenvalue weighted by molar-refractivity contribution is -0.138. The van der Waals surface area contributed by atoms with Gasteiger partial charge in [0.2, 0.25) is 0 Å². The molecule has 0 radical (unpaired) electrons. The van der Waals surface area contributed by atoms with Crippen LogP contribution in [-0.4, -0.2) is 52.4 Å². The predicted molar refractivity (Wildman–Crippen MR) is 75.5 cm³/mol. The van der Waals surface area contributed by atoms with Gasteiger partial charge in [0.1, 0.15) is 5.69 Å². The van der Waals surface area contributed by atoms with Crippen LogP contribution in [-0.2, 0) is 7.05 Å². The first kappa shape index (κ1) is 16.8. The van der Waals surface area contributed by atoms with E-state index in [-0.39, 0.29) is 18.5 Å². The summed E-state index contributed by atoms with van der Waals surface area (Å²) >= 11 is 0. The van der Waals surface area contributed by atoms with Gasteiger partial charge in [-0.05, 0) is 25.8 Å². The molecule has 8 heteroatoms. The molecule has 0 aliphatic carbocycles. The van der Waals surface area contributed by atoms with E-state index in [1.165, 1.54) is 4.68 Å².